The van der Waals surface area contributed by atoms with E-state index in [9.17, 15) is 13.2 Å². The predicted octanol–water partition coefficient (Wildman–Crippen LogP) is 4.77. The maximum atomic E-state index is 13.0. The van der Waals surface area contributed by atoms with Crippen molar-refractivity contribution in [2.75, 3.05) is 11.9 Å². The number of amides is 1. The number of sulfonamides is 1. The average Bonchev–Trinajstić information content (AvgIpc) is 2.74. The molecule has 0 radical (unpaired) electrons. The first-order valence-corrected chi connectivity index (χ1v) is 11.8. The Morgan fingerprint density at radius 1 is 1.10 bits per heavy atom. The van der Waals surface area contributed by atoms with Gasteiger partial charge in [0.2, 0.25) is 15.9 Å². The van der Waals surface area contributed by atoms with Crippen molar-refractivity contribution >= 4 is 21.6 Å². The van der Waals surface area contributed by atoms with Gasteiger partial charge in [0.15, 0.2) is 0 Å². The van der Waals surface area contributed by atoms with E-state index in [2.05, 4.69) is 5.32 Å². The van der Waals surface area contributed by atoms with Crippen molar-refractivity contribution in [3.63, 3.8) is 0 Å². The van der Waals surface area contributed by atoms with Gasteiger partial charge in [0, 0.05) is 24.7 Å². The number of carbonyl (C=O) groups is 1. The van der Waals surface area contributed by atoms with Crippen molar-refractivity contribution in [2.45, 2.75) is 62.8 Å². The number of benzene rings is 2. The summed E-state index contributed by atoms with van der Waals surface area (Å²) in [7, 11) is -3.50. The fourth-order valence-corrected chi connectivity index (χ4v) is 5.70. The average molecular weight is 415 g/mol. The van der Waals surface area contributed by atoms with Gasteiger partial charge in [-0.15, -0.1) is 0 Å². The Balaban J connectivity index is 1.64. The maximum Gasteiger partial charge on any atom is 0.243 e. The van der Waals surface area contributed by atoms with E-state index >= 15 is 0 Å². The molecule has 3 rings (SSSR count). The van der Waals surface area contributed by atoms with Crippen LogP contribution in [-0.2, 0) is 14.8 Å². The maximum absolute atomic E-state index is 13.0. The molecule has 0 aromatic heterocycles. The number of anilines is 1. The van der Waals surface area contributed by atoms with Crippen LogP contribution in [0.15, 0.2) is 59.5 Å². The minimum Gasteiger partial charge on any atom is -0.326 e. The molecule has 2 aromatic rings. The van der Waals surface area contributed by atoms with E-state index in [1.54, 1.807) is 28.6 Å². The molecule has 0 aliphatic carbocycles. The van der Waals surface area contributed by atoms with Gasteiger partial charge >= 0.3 is 0 Å². The van der Waals surface area contributed by atoms with Crippen LogP contribution in [0.1, 0.15) is 57.4 Å². The van der Waals surface area contributed by atoms with Crippen molar-refractivity contribution in [3.05, 3.63) is 60.2 Å². The standard InChI is InChI=1S/C23H30N2O3S/c1-3-21-11-7-8-16-25(21)29(27,28)22-14-12-20(13-15-22)24-23(26)17-18(2)19-9-5-4-6-10-19/h4-6,9-10,12-15,18,21H,3,7-8,11,16-17H2,1-2H3,(H,24,26). The van der Waals surface area contributed by atoms with Gasteiger partial charge in [0.05, 0.1) is 4.90 Å². The van der Waals surface area contributed by atoms with Crippen LogP contribution in [0.4, 0.5) is 5.69 Å². The van der Waals surface area contributed by atoms with Gasteiger partial charge in [-0.05, 0) is 55.0 Å². The second-order valence-corrected chi connectivity index (χ2v) is 9.65. The fourth-order valence-electron chi connectivity index (χ4n) is 3.93. The largest absolute Gasteiger partial charge is 0.326 e. The van der Waals surface area contributed by atoms with Gasteiger partial charge in [0.25, 0.3) is 0 Å². The molecule has 1 saturated heterocycles. The van der Waals surface area contributed by atoms with E-state index in [1.165, 1.54) is 0 Å². The monoisotopic (exact) mass is 414 g/mol. The fraction of sp³-hybridized carbons (Fsp3) is 0.435. The number of nitrogens with one attached hydrogen (secondary N) is 1. The molecule has 156 valence electrons. The molecular weight excluding hydrogens is 384 g/mol. The van der Waals surface area contributed by atoms with Crippen LogP contribution in [0.3, 0.4) is 0 Å². The van der Waals surface area contributed by atoms with Crippen LogP contribution in [0.2, 0.25) is 0 Å². The second-order valence-electron chi connectivity index (χ2n) is 7.76. The van der Waals surface area contributed by atoms with Crippen LogP contribution in [-0.4, -0.2) is 31.2 Å². The predicted molar refractivity (Wildman–Crippen MR) is 116 cm³/mol. The van der Waals surface area contributed by atoms with E-state index in [0.29, 0.717) is 18.7 Å². The first-order valence-electron chi connectivity index (χ1n) is 10.4. The third-order valence-corrected chi connectivity index (χ3v) is 7.62. The molecule has 0 saturated carbocycles. The van der Waals surface area contributed by atoms with Crippen molar-refractivity contribution < 1.29 is 13.2 Å². The summed E-state index contributed by atoms with van der Waals surface area (Å²) >= 11 is 0. The molecule has 6 heteroatoms. The van der Waals surface area contributed by atoms with E-state index in [0.717, 1.165) is 31.2 Å². The summed E-state index contributed by atoms with van der Waals surface area (Å²) < 4.78 is 27.7. The molecule has 1 amide bonds. The van der Waals surface area contributed by atoms with E-state index in [4.69, 9.17) is 0 Å². The summed E-state index contributed by atoms with van der Waals surface area (Å²) in [6.45, 7) is 4.64. The highest BCUT2D eigenvalue weighted by Crippen LogP contribution is 2.28. The van der Waals surface area contributed by atoms with Crippen LogP contribution in [0.5, 0.6) is 0 Å². The van der Waals surface area contributed by atoms with E-state index in [-0.39, 0.29) is 22.8 Å². The zero-order chi connectivity index (χ0) is 20.9. The Labute approximate surface area is 174 Å². The lowest BCUT2D eigenvalue weighted by atomic mass is 9.97. The van der Waals surface area contributed by atoms with Gasteiger partial charge in [-0.3, -0.25) is 4.79 Å². The van der Waals surface area contributed by atoms with Crippen molar-refractivity contribution in [1.29, 1.82) is 0 Å². The van der Waals surface area contributed by atoms with E-state index in [1.807, 2.05) is 44.2 Å². The van der Waals surface area contributed by atoms with Crippen LogP contribution >= 0.6 is 0 Å². The summed E-state index contributed by atoms with van der Waals surface area (Å²) in [4.78, 5) is 12.7. The zero-order valence-electron chi connectivity index (χ0n) is 17.2. The molecule has 1 heterocycles. The Hall–Kier alpha value is -2.18. The smallest absolute Gasteiger partial charge is 0.243 e. The number of rotatable bonds is 7. The normalized spacial score (nSPS) is 18.9. The number of hydrogen-bond donors (Lipinski definition) is 1. The van der Waals surface area contributed by atoms with Gasteiger partial charge in [-0.25, -0.2) is 8.42 Å². The third-order valence-electron chi connectivity index (χ3n) is 5.65. The van der Waals surface area contributed by atoms with Gasteiger partial charge in [0.1, 0.15) is 0 Å². The number of carbonyl (C=O) groups excluding carboxylic acids is 1. The zero-order valence-corrected chi connectivity index (χ0v) is 18.0. The van der Waals surface area contributed by atoms with Crippen LogP contribution in [0.25, 0.3) is 0 Å². The molecular formula is C23H30N2O3S. The van der Waals surface area contributed by atoms with Crippen molar-refractivity contribution in [1.82, 2.24) is 4.31 Å². The highest BCUT2D eigenvalue weighted by molar-refractivity contribution is 7.89. The molecule has 0 spiro atoms. The third kappa shape index (κ3) is 5.25. The Morgan fingerprint density at radius 2 is 1.79 bits per heavy atom. The molecule has 2 atom stereocenters. The Morgan fingerprint density at radius 3 is 2.45 bits per heavy atom. The molecule has 2 unspecified atom stereocenters. The molecule has 0 bridgehead atoms. The molecule has 2 aromatic carbocycles. The molecule has 1 aliphatic heterocycles. The minimum atomic E-state index is -3.50. The first-order chi connectivity index (χ1) is 13.9. The minimum absolute atomic E-state index is 0.0765. The summed E-state index contributed by atoms with van der Waals surface area (Å²) in [6.07, 6.45) is 4.10. The molecule has 1 N–H and O–H groups in total. The summed E-state index contributed by atoms with van der Waals surface area (Å²) in [5.74, 6) is 0.0277. The van der Waals surface area contributed by atoms with Gasteiger partial charge in [-0.1, -0.05) is 50.6 Å². The topological polar surface area (TPSA) is 66.5 Å². The Kier molecular flexibility index (Phi) is 7.09. The molecule has 1 fully saturated rings. The number of hydrogen-bond acceptors (Lipinski definition) is 3. The molecule has 29 heavy (non-hydrogen) atoms. The molecule has 1 aliphatic rings. The lowest BCUT2D eigenvalue weighted by Crippen LogP contribution is -2.43. The SMILES string of the molecule is CCC1CCCCN1S(=O)(=O)c1ccc(NC(=O)CC(C)c2ccccc2)cc1. The summed E-state index contributed by atoms with van der Waals surface area (Å²) in [5, 5.41) is 2.87. The Bertz CT molecular complexity index is 911. The second kappa shape index (κ2) is 9.55. The van der Waals surface area contributed by atoms with Crippen LogP contribution < -0.4 is 5.32 Å². The number of piperidine rings is 1. The molecule has 5 nitrogen and oxygen atoms in total. The summed E-state index contributed by atoms with van der Waals surface area (Å²) in [6, 6.07) is 16.5. The summed E-state index contributed by atoms with van der Waals surface area (Å²) in [5.41, 5.74) is 1.73. The quantitative estimate of drug-likeness (QED) is 0.709. The lowest BCUT2D eigenvalue weighted by Gasteiger charge is -2.34. The highest BCUT2D eigenvalue weighted by atomic mass is 32.2. The van der Waals surface area contributed by atoms with E-state index < -0.39 is 10.0 Å². The first kappa shape index (κ1) is 21.5. The van der Waals surface area contributed by atoms with Gasteiger partial charge < -0.3 is 5.32 Å². The van der Waals surface area contributed by atoms with Crippen LogP contribution in [0, 0.1) is 0 Å². The van der Waals surface area contributed by atoms with Crippen molar-refractivity contribution in [2.24, 2.45) is 0 Å². The number of nitrogens with zero attached hydrogens (tertiary/aromatic N) is 1. The highest BCUT2D eigenvalue weighted by Gasteiger charge is 2.32. The van der Waals surface area contributed by atoms with Crippen molar-refractivity contribution in [3.8, 4) is 0 Å². The lowest BCUT2D eigenvalue weighted by molar-refractivity contribution is -0.116. The van der Waals surface area contributed by atoms with Gasteiger partial charge in [-0.2, -0.15) is 4.31 Å².